The van der Waals surface area contributed by atoms with Gasteiger partial charge in [0.25, 0.3) is 0 Å². The summed E-state index contributed by atoms with van der Waals surface area (Å²) < 4.78 is 0. The number of benzene rings is 3. The first-order valence-electron chi connectivity index (χ1n) is 23.3. The van der Waals surface area contributed by atoms with Gasteiger partial charge in [-0.1, -0.05) is 177 Å². The first-order chi connectivity index (χ1) is 29.9. The van der Waals surface area contributed by atoms with E-state index < -0.39 is 0 Å². The van der Waals surface area contributed by atoms with Crippen molar-refractivity contribution >= 4 is 33.8 Å². The molecule has 0 fully saturated rings. The van der Waals surface area contributed by atoms with Crippen LogP contribution in [0, 0.1) is 11.3 Å². The highest BCUT2D eigenvalue weighted by Gasteiger charge is 2.32. The van der Waals surface area contributed by atoms with Crippen LogP contribution in [-0.2, 0) is 11.8 Å². The lowest BCUT2D eigenvalue weighted by atomic mass is 9.75. The number of hydrogen-bond acceptors (Lipinski definition) is 2. The van der Waals surface area contributed by atoms with Gasteiger partial charge >= 0.3 is 0 Å². The molecule has 3 atom stereocenters. The largest absolute Gasteiger partial charge is 0.341 e. The molecule has 0 amide bonds. The summed E-state index contributed by atoms with van der Waals surface area (Å²) in [4.78, 5) is 5.21. The second-order valence-electron chi connectivity index (χ2n) is 20.0. The summed E-state index contributed by atoms with van der Waals surface area (Å²) in [5.74, 6) is 0.779. The SMILES string of the molecule is C=C/C=C\C=C/CN(c1ccc(C(C)(C)C)cc1)c1ccc2c(C3C=CC=CC3)c3c(c(C4=C[C@H](C)CC=C4)c2c1)CCC(N(C1=CC=CCC1)C1C=CC(C(C)(C)C)=CC1)=C3. The number of nitrogens with zero attached hydrogens (tertiary/aromatic N) is 2. The first kappa shape index (κ1) is 43.1. The van der Waals surface area contributed by atoms with Crippen LogP contribution in [0.15, 0.2) is 175 Å². The summed E-state index contributed by atoms with van der Waals surface area (Å²) in [5, 5.41) is 2.73. The van der Waals surface area contributed by atoms with E-state index in [0.29, 0.717) is 17.9 Å². The van der Waals surface area contributed by atoms with Crippen molar-refractivity contribution in [3.8, 4) is 0 Å². The zero-order chi connectivity index (χ0) is 43.4. The van der Waals surface area contributed by atoms with E-state index in [0.717, 1.165) is 51.5 Å². The van der Waals surface area contributed by atoms with E-state index in [-0.39, 0.29) is 10.8 Å². The van der Waals surface area contributed by atoms with Crippen molar-refractivity contribution < 1.29 is 0 Å². The van der Waals surface area contributed by atoms with E-state index in [2.05, 4.69) is 211 Å². The van der Waals surface area contributed by atoms with Gasteiger partial charge in [0.2, 0.25) is 0 Å². The molecule has 2 nitrogen and oxygen atoms in total. The second kappa shape index (κ2) is 18.4. The highest BCUT2D eigenvalue weighted by atomic mass is 15.2. The fraction of sp³-hybridized carbons (Fsp3) is 0.333. The van der Waals surface area contributed by atoms with Crippen LogP contribution in [0.1, 0.15) is 121 Å². The van der Waals surface area contributed by atoms with Gasteiger partial charge in [0.15, 0.2) is 0 Å². The number of anilines is 2. The molecule has 5 aliphatic carbocycles. The van der Waals surface area contributed by atoms with Gasteiger partial charge in [0.1, 0.15) is 0 Å². The molecular weight excluding hydrogens is 749 g/mol. The summed E-state index contributed by atoms with van der Waals surface area (Å²) in [6, 6.07) is 16.9. The van der Waals surface area contributed by atoms with Gasteiger partial charge in [-0.3, -0.25) is 0 Å². The average molecular weight is 817 g/mol. The molecule has 62 heavy (non-hydrogen) atoms. The molecule has 0 aliphatic heterocycles. The summed E-state index contributed by atoms with van der Waals surface area (Å²) in [6.07, 6.45) is 51.2. The molecule has 0 radical (unpaired) electrons. The number of allylic oxidation sites excluding steroid dienone is 19. The monoisotopic (exact) mass is 817 g/mol. The van der Waals surface area contributed by atoms with Crippen molar-refractivity contribution in [2.45, 2.75) is 111 Å². The van der Waals surface area contributed by atoms with Crippen molar-refractivity contribution in [1.82, 2.24) is 4.90 Å². The van der Waals surface area contributed by atoms with E-state index in [4.69, 9.17) is 0 Å². The molecule has 0 spiro atoms. The van der Waals surface area contributed by atoms with Crippen LogP contribution in [0.2, 0.25) is 0 Å². The fourth-order valence-corrected chi connectivity index (χ4v) is 10.0. The summed E-state index contributed by atoms with van der Waals surface area (Å²) in [6.45, 7) is 20.8. The van der Waals surface area contributed by atoms with Crippen molar-refractivity contribution in [1.29, 1.82) is 0 Å². The predicted molar refractivity (Wildman–Crippen MR) is 271 cm³/mol. The van der Waals surface area contributed by atoms with Crippen LogP contribution in [0.4, 0.5) is 11.4 Å². The third-order valence-electron chi connectivity index (χ3n) is 13.4. The van der Waals surface area contributed by atoms with Gasteiger partial charge < -0.3 is 9.80 Å². The number of rotatable bonds is 11. The Morgan fingerprint density at radius 1 is 0.742 bits per heavy atom. The molecule has 0 saturated carbocycles. The van der Waals surface area contributed by atoms with Gasteiger partial charge in [0, 0.05) is 35.2 Å². The van der Waals surface area contributed by atoms with E-state index in [1.54, 1.807) is 0 Å². The Bertz CT molecular complexity index is 2520. The maximum atomic E-state index is 3.87. The zero-order valence-electron chi connectivity index (χ0n) is 38.5. The minimum atomic E-state index is 0.0862. The second-order valence-corrected chi connectivity index (χ2v) is 20.0. The van der Waals surface area contributed by atoms with E-state index in [9.17, 15) is 0 Å². The molecule has 2 unspecified atom stereocenters. The Morgan fingerprint density at radius 2 is 1.56 bits per heavy atom. The molecule has 0 bridgehead atoms. The Hall–Kier alpha value is -5.60. The molecule has 5 aliphatic rings. The molecular formula is C60H68N2. The Morgan fingerprint density at radius 3 is 2.24 bits per heavy atom. The van der Waals surface area contributed by atoms with Gasteiger partial charge in [-0.05, 0) is 148 Å². The number of hydrogen-bond donors (Lipinski definition) is 0. The standard InChI is InChI=1S/C60H68N2/c1-9-10-11-12-19-39-61(48-31-27-46(28-32-48)59(3,4)5)51-35-37-53-55(41-51)58(45-24-20-21-43(2)40-45)54-38-36-52(42-56(54)57(53)44-22-15-13-16-23-44)62(49-25-17-14-18-26-49)50-33-29-47(30-34-50)60(6,7)8/h9-17,19-20,22,24-25,27-33,35,37,40-44,50H,1,18,21,23,26,34,36,38-39H2,2-8H3/b11-10-,19-12-/t43-,44?,50?/m1/s1. The van der Waals surface area contributed by atoms with Crippen molar-refractivity contribution in [3.05, 3.63) is 203 Å². The summed E-state index contributed by atoms with van der Waals surface area (Å²) >= 11 is 0. The fourth-order valence-electron chi connectivity index (χ4n) is 10.0. The molecule has 0 N–H and O–H groups in total. The minimum absolute atomic E-state index is 0.0862. The van der Waals surface area contributed by atoms with Crippen LogP contribution in [0.3, 0.4) is 0 Å². The topological polar surface area (TPSA) is 6.48 Å². The third-order valence-corrected chi connectivity index (χ3v) is 13.4. The van der Waals surface area contributed by atoms with Crippen molar-refractivity contribution in [2.75, 3.05) is 11.4 Å². The molecule has 3 aromatic rings. The molecule has 3 aromatic carbocycles. The van der Waals surface area contributed by atoms with Crippen LogP contribution in [0.5, 0.6) is 0 Å². The molecule has 0 heterocycles. The summed E-state index contributed by atoms with van der Waals surface area (Å²) in [5.41, 5.74) is 15.5. The van der Waals surface area contributed by atoms with Gasteiger partial charge in [-0.25, -0.2) is 0 Å². The van der Waals surface area contributed by atoms with Crippen LogP contribution in [-0.4, -0.2) is 17.5 Å². The van der Waals surface area contributed by atoms with Gasteiger partial charge in [-0.15, -0.1) is 0 Å². The van der Waals surface area contributed by atoms with Gasteiger partial charge in [0.05, 0.1) is 6.04 Å². The quantitative estimate of drug-likeness (QED) is 0.178. The molecule has 8 rings (SSSR count). The zero-order valence-corrected chi connectivity index (χ0v) is 38.5. The Labute approximate surface area is 373 Å². The van der Waals surface area contributed by atoms with Crippen molar-refractivity contribution in [2.24, 2.45) is 11.3 Å². The van der Waals surface area contributed by atoms with E-state index in [1.165, 1.54) is 72.5 Å². The molecule has 2 heteroatoms. The number of fused-ring (bicyclic) bond motifs is 2. The molecule has 0 saturated heterocycles. The minimum Gasteiger partial charge on any atom is -0.341 e. The summed E-state index contributed by atoms with van der Waals surface area (Å²) in [7, 11) is 0. The van der Waals surface area contributed by atoms with Crippen LogP contribution < -0.4 is 4.90 Å². The predicted octanol–water partition coefficient (Wildman–Crippen LogP) is 16.3. The van der Waals surface area contributed by atoms with Crippen LogP contribution in [0.25, 0.3) is 22.4 Å². The lowest BCUT2D eigenvalue weighted by molar-refractivity contribution is 0.335. The van der Waals surface area contributed by atoms with E-state index >= 15 is 0 Å². The highest BCUT2D eigenvalue weighted by Crippen LogP contribution is 2.48. The normalized spacial score (nSPS) is 21.2. The first-order valence-corrected chi connectivity index (χ1v) is 23.3. The van der Waals surface area contributed by atoms with Gasteiger partial charge in [-0.2, -0.15) is 0 Å². The smallest absolute Gasteiger partial charge is 0.0553 e. The lowest BCUT2D eigenvalue weighted by Gasteiger charge is -2.40. The lowest BCUT2D eigenvalue weighted by Crippen LogP contribution is -2.35. The maximum Gasteiger partial charge on any atom is 0.0553 e. The Kier molecular flexibility index (Phi) is 12.8. The molecule has 0 aromatic heterocycles. The average Bonchev–Trinajstić information content (AvgIpc) is 3.27. The van der Waals surface area contributed by atoms with Crippen LogP contribution >= 0.6 is 0 Å². The Balaban J connectivity index is 1.34. The maximum absolute atomic E-state index is 3.87. The third kappa shape index (κ3) is 9.26. The highest BCUT2D eigenvalue weighted by molar-refractivity contribution is 6.04. The van der Waals surface area contributed by atoms with E-state index in [1.807, 2.05) is 12.2 Å². The molecule has 318 valence electrons. The van der Waals surface area contributed by atoms with Crippen molar-refractivity contribution in [3.63, 3.8) is 0 Å².